The molecule has 0 unspecified atom stereocenters. The summed E-state index contributed by atoms with van der Waals surface area (Å²) < 4.78 is 31.3. The summed E-state index contributed by atoms with van der Waals surface area (Å²) in [5.74, 6) is 0.430. The second kappa shape index (κ2) is 5.65. The van der Waals surface area contributed by atoms with Crippen molar-refractivity contribution in [1.82, 2.24) is 0 Å². The van der Waals surface area contributed by atoms with Crippen LogP contribution in [-0.2, 0) is 0 Å². The maximum atomic E-state index is 13.1. The molecule has 0 aliphatic heterocycles. The molecule has 0 radical (unpaired) electrons. The monoisotopic (exact) mass is 260 g/mol. The molecule has 0 aliphatic rings. The Morgan fingerprint density at radius 3 is 2.58 bits per heavy atom. The van der Waals surface area contributed by atoms with Crippen molar-refractivity contribution in [1.29, 1.82) is 0 Å². The van der Waals surface area contributed by atoms with Gasteiger partial charge in [-0.1, -0.05) is 36.9 Å². The second-order valence-electron chi connectivity index (χ2n) is 4.08. The average molecular weight is 260 g/mol. The zero-order valence-electron chi connectivity index (χ0n) is 10.6. The van der Waals surface area contributed by atoms with E-state index in [1.165, 1.54) is 13.2 Å². The first kappa shape index (κ1) is 13.3. The smallest absolute Gasteiger partial charge is 0.264 e. The Bertz CT molecular complexity index is 591. The van der Waals surface area contributed by atoms with Crippen LogP contribution in [0.3, 0.4) is 0 Å². The molecular formula is C16H14F2O. The summed E-state index contributed by atoms with van der Waals surface area (Å²) >= 11 is 0. The van der Waals surface area contributed by atoms with Crippen LogP contribution in [0.2, 0.25) is 0 Å². The number of rotatable bonds is 4. The number of hydrogen-bond donors (Lipinski definition) is 0. The van der Waals surface area contributed by atoms with Gasteiger partial charge in [0.15, 0.2) is 0 Å². The van der Waals surface area contributed by atoms with Crippen LogP contribution >= 0.6 is 0 Å². The molecule has 2 aromatic carbocycles. The van der Waals surface area contributed by atoms with E-state index in [2.05, 4.69) is 6.58 Å². The minimum Gasteiger partial charge on any atom is -0.497 e. The van der Waals surface area contributed by atoms with Gasteiger partial charge in [0.05, 0.1) is 7.11 Å². The fraction of sp³-hybridized carbons (Fsp3) is 0.125. The minimum absolute atomic E-state index is 0.0273. The Labute approximate surface area is 111 Å². The lowest BCUT2D eigenvalue weighted by molar-refractivity contribution is 0.151. The highest BCUT2D eigenvalue weighted by Gasteiger charge is 2.15. The number of halogens is 2. The van der Waals surface area contributed by atoms with Crippen LogP contribution in [0.4, 0.5) is 8.78 Å². The van der Waals surface area contributed by atoms with Gasteiger partial charge in [0.2, 0.25) is 0 Å². The van der Waals surface area contributed by atoms with Gasteiger partial charge in [0.1, 0.15) is 5.75 Å². The molecule has 2 aromatic rings. The SMILES string of the molecule is C=Cc1cccc(-c2ccc(OC)cc2C(F)F)c1. The molecule has 98 valence electrons. The average Bonchev–Trinajstić information content (AvgIpc) is 2.46. The number of methoxy groups -OCH3 is 1. The van der Waals surface area contributed by atoms with Gasteiger partial charge in [-0.2, -0.15) is 0 Å². The molecule has 0 amide bonds. The third-order valence-corrected chi connectivity index (χ3v) is 2.93. The molecule has 0 spiro atoms. The van der Waals surface area contributed by atoms with Crippen LogP contribution < -0.4 is 4.74 Å². The van der Waals surface area contributed by atoms with Crippen LogP contribution in [0, 0.1) is 0 Å². The molecule has 0 aliphatic carbocycles. The van der Waals surface area contributed by atoms with Gasteiger partial charge >= 0.3 is 0 Å². The summed E-state index contributed by atoms with van der Waals surface area (Å²) in [6.45, 7) is 3.68. The topological polar surface area (TPSA) is 9.23 Å². The van der Waals surface area contributed by atoms with Crippen LogP contribution in [0.25, 0.3) is 17.2 Å². The van der Waals surface area contributed by atoms with Crippen LogP contribution in [-0.4, -0.2) is 7.11 Å². The first-order valence-corrected chi connectivity index (χ1v) is 5.84. The maximum absolute atomic E-state index is 13.1. The lowest BCUT2D eigenvalue weighted by atomic mass is 9.98. The lowest BCUT2D eigenvalue weighted by Gasteiger charge is -2.11. The van der Waals surface area contributed by atoms with Gasteiger partial charge in [0.25, 0.3) is 6.43 Å². The van der Waals surface area contributed by atoms with Crippen molar-refractivity contribution in [2.75, 3.05) is 7.11 Å². The van der Waals surface area contributed by atoms with Crippen molar-refractivity contribution in [2.24, 2.45) is 0 Å². The fourth-order valence-electron chi connectivity index (χ4n) is 1.94. The van der Waals surface area contributed by atoms with Gasteiger partial charge in [-0.15, -0.1) is 0 Å². The Kier molecular flexibility index (Phi) is 3.95. The molecule has 0 fully saturated rings. The predicted octanol–water partition coefficient (Wildman–Crippen LogP) is 4.94. The van der Waals surface area contributed by atoms with Crippen molar-refractivity contribution in [2.45, 2.75) is 6.43 Å². The van der Waals surface area contributed by atoms with E-state index in [0.29, 0.717) is 11.3 Å². The van der Waals surface area contributed by atoms with E-state index in [1.54, 1.807) is 24.3 Å². The molecule has 0 atom stereocenters. The summed E-state index contributed by atoms with van der Waals surface area (Å²) in [5.41, 5.74) is 2.13. The molecule has 3 heteroatoms. The van der Waals surface area contributed by atoms with Crippen molar-refractivity contribution in [3.8, 4) is 16.9 Å². The Morgan fingerprint density at radius 1 is 1.16 bits per heavy atom. The standard InChI is InChI=1S/C16H14F2O/c1-3-11-5-4-6-12(9-11)14-8-7-13(19-2)10-15(14)16(17)18/h3-10,16H,1H2,2H3. The zero-order chi connectivity index (χ0) is 13.8. The Morgan fingerprint density at radius 2 is 1.95 bits per heavy atom. The van der Waals surface area contributed by atoms with Gasteiger partial charge < -0.3 is 4.74 Å². The van der Waals surface area contributed by atoms with E-state index >= 15 is 0 Å². The van der Waals surface area contributed by atoms with Gasteiger partial charge in [-0.05, 0) is 34.9 Å². The van der Waals surface area contributed by atoms with Crippen LogP contribution in [0.1, 0.15) is 17.6 Å². The molecule has 0 saturated carbocycles. The van der Waals surface area contributed by atoms with Crippen LogP contribution in [0.15, 0.2) is 49.0 Å². The normalized spacial score (nSPS) is 10.5. The molecule has 0 heterocycles. The third kappa shape index (κ3) is 2.81. The largest absolute Gasteiger partial charge is 0.497 e. The third-order valence-electron chi connectivity index (χ3n) is 2.93. The van der Waals surface area contributed by atoms with Gasteiger partial charge in [-0.25, -0.2) is 8.78 Å². The molecule has 1 nitrogen and oxygen atoms in total. The Balaban J connectivity index is 2.57. The summed E-state index contributed by atoms with van der Waals surface area (Å²) in [6, 6.07) is 12.1. The predicted molar refractivity (Wildman–Crippen MR) is 73.5 cm³/mol. The van der Waals surface area contributed by atoms with Crippen molar-refractivity contribution in [3.05, 3.63) is 60.2 Å². The van der Waals surface area contributed by atoms with E-state index in [4.69, 9.17) is 4.74 Å². The summed E-state index contributed by atoms with van der Waals surface area (Å²) in [6.07, 6.45) is -0.854. The van der Waals surface area contributed by atoms with Crippen molar-refractivity contribution in [3.63, 3.8) is 0 Å². The fourth-order valence-corrected chi connectivity index (χ4v) is 1.94. The number of hydrogen-bond acceptors (Lipinski definition) is 1. The molecular weight excluding hydrogens is 246 g/mol. The molecule has 0 aromatic heterocycles. The Hall–Kier alpha value is -2.16. The number of benzene rings is 2. The summed E-state index contributed by atoms with van der Waals surface area (Å²) in [7, 11) is 1.46. The van der Waals surface area contributed by atoms with Crippen molar-refractivity contribution >= 4 is 6.08 Å². The van der Waals surface area contributed by atoms with E-state index in [1.807, 2.05) is 18.2 Å². The number of ether oxygens (including phenoxy) is 1. The molecule has 2 rings (SSSR count). The highest BCUT2D eigenvalue weighted by Crippen LogP contribution is 2.34. The minimum atomic E-state index is -2.54. The molecule has 0 saturated heterocycles. The number of alkyl halides is 2. The summed E-state index contributed by atoms with van der Waals surface area (Å²) in [5, 5.41) is 0. The van der Waals surface area contributed by atoms with Gasteiger partial charge in [0, 0.05) is 5.56 Å². The summed E-state index contributed by atoms with van der Waals surface area (Å²) in [4.78, 5) is 0. The van der Waals surface area contributed by atoms with E-state index < -0.39 is 6.43 Å². The molecule has 0 N–H and O–H groups in total. The quantitative estimate of drug-likeness (QED) is 0.756. The maximum Gasteiger partial charge on any atom is 0.264 e. The van der Waals surface area contributed by atoms with Gasteiger partial charge in [-0.3, -0.25) is 0 Å². The highest BCUT2D eigenvalue weighted by molar-refractivity contribution is 5.71. The molecule has 19 heavy (non-hydrogen) atoms. The first-order chi connectivity index (χ1) is 9.15. The van der Waals surface area contributed by atoms with E-state index in [0.717, 1.165) is 11.1 Å². The second-order valence-corrected chi connectivity index (χ2v) is 4.08. The van der Waals surface area contributed by atoms with E-state index in [9.17, 15) is 8.78 Å². The lowest BCUT2D eigenvalue weighted by Crippen LogP contribution is -1.93. The first-order valence-electron chi connectivity index (χ1n) is 5.84. The molecule has 0 bridgehead atoms. The van der Waals surface area contributed by atoms with Crippen LogP contribution in [0.5, 0.6) is 5.75 Å². The highest BCUT2D eigenvalue weighted by atomic mass is 19.3. The zero-order valence-corrected chi connectivity index (χ0v) is 10.6. The van der Waals surface area contributed by atoms with E-state index in [-0.39, 0.29) is 5.56 Å². The van der Waals surface area contributed by atoms with Crippen molar-refractivity contribution < 1.29 is 13.5 Å².